The number of anilines is 1. The van der Waals surface area contributed by atoms with Crippen molar-refractivity contribution in [3.05, 3.63) is 102 Å². The Hall–Kier alpha value is -4.57. The summed E-state index contributed by atoms with van der Waals surface area (Å²) in [4.78, 5) is 25.1. The zero-order valence-corrected chi connectivity index (χ0v) is 23.6. The quantitative estimate of drug-likeness (QED) is 0.186. The van der Waals surface area contributed by atoms with Crippen molar-refractivity contribution in [2.45, 2.75) is 20.1 Å². The van der Waals surface area contributed by atoms with Crippen LogP contribution < -0.4 is 14.4 Å². The van der Waals surface area contributed by atoms with E-state index in [9.17, 15) is 14.4 Å². The van der Waals surface area contributed by atoms with Crippen LogP contribution in [0.4, 0.5) is 5.82 Å². The van der Waals surface area contributed by atoms with Gasteiger partial charge in [0.2, 0.25) is 0 Å². The fraction of sp³-hybridized carbons (Fsp3) is 0.172. The Bertz CT molecular complexity index is 1690. The van der Waals surface area contributed by atoms with E-state index < -0.39 is 7.60 Å². The minimum Gasteiger partial charge on any atom is -0.493 e. The third-order valence-corrected chi connectivity index (χ3v) is 6.73. The van der Waals surface area contributed by atoms with Gasteiger partial charge in [-0.25, -0.2) is 9.67 Å². The fourth-order valence-electron chi connectivity index (χ4n) is 4.17. The number of aromatic nitrogens is 3. The van der Waals surface area contributed by atoms with E-state index in [1.165, 1.54) is 6.08 Å². The molecule has 2 N–H and O–H groups in total. The Morgan fingerprint density at radius 2 is 1.90 bits per heavy atom. The molecule has 0 aliphatic rings. The van der Waals surface area contributed by atoms with Crippen LogP contribution in [-0.4, -0.2) is 38.7 Å². The summed E-state index contributed by atoms with van der Waals surface area (Å²) in [5, 5.41) is 4.69. The maximum absolute atomic E-state index is 11.5. The summed E-state index contributed by atoms with van der Waals surface area (Å²) in [5.41, 5.74) is 2.93. The number of para-hydroxylation sites is 1. The van der Waals surface area contributed by atoms with Crippen LogP contribution in [0, 0.1) is 6.92 Å². The number of aryl methyl sites for hydroxylation is 1. The van der Waals surface area contributed by atoms with Crippen molar-refractivity contribution in [3.63, 3.8) is 0 Å². The molecule has 41 heavy (non-hydrogen) atoms. The summed E-state index contributed by atoms with van der Waals surface area (Å²) < 4.78 is 35.9. The molecule has 0 amide bonds. The molecule has 0 saturated heterocycles. The van der Waals surface area contributed by atoms with E-state index in [2.05, 4.69) is 10.1 Å². The van der Waals surface area contributed by atoms with E-state index in [0.717, 1.165) is 17.1 Å². The molecule has 3 aromatic heterocycles. The summed E-state index contributed by atoms with van der Waals surface area (Å²) in [5.74, 6) is 4.07. The van der Waals surface area contributed by atoms with Crippen LogP contribution in [0.2, 0.25) is 0 Å². The molecular weight excluding hydrogens is 547 g/mol. The number of benzene rings is 2. The summed E-state index contributed by atoms with van der Waals surface area (Å²) in [6.07, 6.45) is 4.68. The van der Waals surface area contributed by atoms with Crippen LogP contribution in [0.1, 0.15) is 22.6 Å². The van der Waals surface area contributed by atoms with E-state index in [1.807, 2.05) is 67.4 Å². The van der Waals surface area contributed by atoms with Crippen LogP contribution >= 0.6 is 7.60 Å². The number of ether oxygens (including phenoxy) is 2. The number of oxazole rings is 1. The van der Waals surface area contributed by atoms with E-state index in [4.69, 9.17) is 18.3 Å². The molecule has 0 unspecified atom stereocenters. The molecule has 0 bridgehead atoms. The van der Waals surface area contributed by atoms with E-state index >= 15 is 0 Å². The lowest BCUT2D eigenvalue weighted by Crippen LogP contribution is -2.18. The van der Waals surface area contributed by atoms with Gasteiger partial charge in [-0.15, -0.1) is 5.10 Å². The van der Waals surface area contributed by atoms with E-state index in [1.54, 1.807) is 36.4 Å². The third-order valence-electron chi connectivity index (χ3n) is 6.19. The van der Waals surface area contributed by atoms with Crippen LogP contribution in [0.25, 0.3) is 23.4 Å². The van der Waals surface area contributed by atoms with Crippen molar-refractivity contribution in [3.8, 4) is 28.8 Å². The van der Waals surface area contributed by atoms with Gasteiger partial charge in [-0.2, -0.15) is 0 Å². The third kappa shape index (κ3) is 6.78. The zero-order valence-electron chi connectivity index (χ0n) is 22.7. The molecule has 0 fully saturated rings. The average Bonchev–Trinajstić information content (AvgIpc) is 3.71. The minimum absolute atomic E-state index is 0.178. The highest BCUT2D eigenvalue weighted by molar-refractivity contribution is 7.55. The lowest BCUT2D eigenvalue weighted by molar-refractivity contribution is 0.279. The number of nitrogens with zero attached hydrogens (tertiary/aromatic N) is 4. The second-order valence-electron chi connectivity index (χ2n) is 9.22. The summed E-state index contributed by atoms with van der Waals surface area (Å²) in [6.45, 7) is 2.43. The Labute approximate surface area is 236 Å². The Morgan fingerprint density at radius 1 is 1.10 bits per heavy atom. The Balaban J connectivity index is 1.33. The molecule has 2 aromatic carbocycles. The van der Waals surface area contributed by atoms with Gasteiger partial charge in [-0.3, -0.25) is 4.57 Å². The molecule has 0 atom stereocenters. The van der Waals surface area contributed by atoms with Gasteiger partial charge in [0, 0.05) is 31.2 Å². The first-order valence-electron chi connectivity index (χ1n) is 12.6. The van der Waals surface area contributed by atoms with Crippen molar-refractivity contribution < 1.29 is 32.7 Å². The Kier molecular flexibility index (Phi) is 8.11. The van der Waals surface area contributed by atoms with Crippen LogP contribution in [0.3, 0.4) is 0 Å². The van der Waals surface area contributed by atoms with Crippen molar-refractivity contribution >= 4 is 19.5 Å². The molecule has 0 spiro atoms. The molecule has 212 valence electrons. The van der Waals surface area contributed by atoms with Crippen molar-refractivity contribution in [1.29, 1.82) is 0 Å². The molecule has 0 aliphatic carbocycles. The van der Waals surface area contributed by atoms with Gasteiger partial charge < -0.3 is 33.0 Å². The van der Waals surface area contributed by atoms with Gasteiger partial charge in [-0.1, -0.05) is 24.3 Å². The predicted octanol–water partition coefficient (Wildman–Crippen LogP) is 5.80. The maximum Gasteiger partial charge on any atom is 0.349 e. The van der Waals surface area contributed by atoms with Crippen LogP contribution in [-0.2, 0) is 17.7 Å². The van der Waals surface area contributed by atoms with Crippen LogP contribution in [0.15, 0.2) is 87.8 Å². The number of rotatable bonds is 11. The van der Waals surface area contributed by atoms with Gasteiger partial charge in [0.25, 0.3) is 5.89 Å². The number of furan rings is 1. The molecule has 5 aromatic rings. The molecule has 0 saturated carbocycles. The lowest BCUT2D eigenvalue weighted by atomic mass is 10.2. The molecule has 0 aliphatic heterocycles. The first kappa shape index (κ1) is 28.0. The summed E-state index contributed by atoms with van der Waals surface area (Å²) in [6, 6.07) is 18.6. The van der Waals surface area contributed by atoms with Gasteiger partial charge in [0.15, 0.2) is 23.1 Å². The summed E-state index contributed by atoms with van der Waals surface area (Å²) >= 11 is 0. The first-order valence-corrected chi connectivity index (χ1v) is 14.3. The van der Waals surface area contributed by atoms with Gasteiger partial charge in [-0.05, 0) is 55.0 Å². The lowest BCUT2D eigenvalue weighted by Gasteiger charge is -2.19. The van der Waals surface area contributed by atoms with Crippen molar-refractivity contribution in [2.24, 2.45) is 0 Å². The van der Waals surface area contributed by atoms with Crippen molar-refractivity contribution in [2.75, 3.05) is 19.1 Å². The molecule has 5 rings (SSSR count). The minimum atomic E-state index is -4.35. The SMILES string of the molecule is COc1cc(CN(C)c2nn(-c3ccccc3)cc2/C=C/P(=O)(O)O)ccc1OCc1nc(-c2ccco2)oc1C. The fourth-order valence-corrected chi connectivity index (χ4v) is 4.53. The summed E-state index contributed by atoms with van der Waals surface area (Å²) in [7, 11) is -0.929. The van der Waals surface area contributed by atoms with E-state index in [0.29, 0.717) is 52.5 Å². The van der Waals surface area contributed by atoms with E-state index in [-0.39, 0.29) is 6.61 Å². The second kappa shape index (κ2) is 11.9. The van der Waals surface area contributed by atoms with Crippen LogP contribution in [0.5, 0.6) is 11.5 Å². The average molecular weight is 577 g/mol. The van der Waals surface area contributed by atoms with Gasteiger partial charge in [0.05, 0.1) is 19.1 Å². The number of methoxy groups -OCH3 is 1. The topological polar surface area (TPSA) is 136 Å². The number of hydrogen-bond donors (Lipinski definition) is 2. The first-order chi connectivity index (χ1) is 19.7. The number of hydrogen-bond acceptors (Lipinski definition) is 8. The molecular formula is C29H29N4O7P. The largest absolute Gasteiger partial charge is 0.493 e. The molecule has 3 heterocycles. The highest BCUT2D eigenvalue weighted by Crippen LogP contribution is 2.38. The predicted molar refractivity (Wildman–Crippen MR) is 153 cm³/mol. The van der Waals surface area contributed by atoms with Gasteiger partial charge in [0.1, 0.15) is 18.1 Å². The van der Waals surface area contributed by atoms with Crippen molar-refractivity contribution in [1.82, 2.24) is 14.8 Å². The highest BCUT2D eigenvalue weighted by atomic mass is 31.2. The maximum atomic E-state index is 11.5. The molecule has 11 nitrogen and oxygen atoms in total. The Morgan fingerprint density at radius 3 is 2.61 bits per heavy atom. The standard InChI is InChI=1S/C29H29N4O7P/c1-20-24(30-29(40-20)26-10-7-14-38-26)19-39-25-12-11-21(16-27(25)37-3)17-32(2)28-22(13-15-41(34,35)36)18-33(31-28)23-8-5-4-6-9-23/h4-16,18H,17,19H2,1-3H3,(H2,34,35,36)/b15-13+. The highest BCUT2D eigenvalue weighted by Gasteiger charge is 2.18. The molecule has 12 heteroatoms. The monoisotopic (exact) mass is 576 g/mol. The zero-order chi connectivity index (χ0) is 29.0. The van der Waals surface area contributed by atoms with Gasteiger partial charge >= 0.3 is 7.60 Å². The smallest absolute Gasteiger partial charge is 0.349 e. The second-order valence-corrected chi connectivity index (χ2v) is 10.7. The normalized spacial score (nSPS) is 11.7. The molecule has 0 radical (unpaired) electrons.